The number of benzene rings is 1. The third kappa shape index (κ3) is 4.01. The van der Waals surface area contributed by atoms with Crippen molar-refractivity contribution in [2.45, 2.75) is 46.0 Å². The molecule has 0 saturated heterocycles. The molecule has 2 rings (SSSR count). The molecular weight excluding hydrogens is 415 g/mol. The number of allylic oxidation sites excluding steroid dienone is 2. The molecule has 7 heteroatoms. The second kappa shape index (κ2) is 7.73. The van der Waals surface area contributed by atoms with Crippen LogP contribution >= 0.6 is 15.9 Å². The molecule has 1 aliphatic heterocycles. The van der Waals surface area contributed by atoms with Crippen molar-refractivity contribution < 1.29 is 18.7 Å². The number of carbonyl (C=O) groups is 1. The Morgan fingerprint density at radius 1 is 1.44 bits per heavy atom. The fraction of sp³-hybridized carbons (Fsp3) is 0.400. The van der Waals surface area contributed by atoms with E-state index in [4.69, 9.17) is 15.2 Å². The summed E-state index contributed by atoms with van der Waals surface area (Å²) in [5.41, 5.74) is 6.64. The lowest BCUT2D eigenvalue weighted by Crippen LogP contribution is -2.26. The van der Waals surface area contributed by atoms with E-state index in [1.165, 1.54) is 0 Å². The highest BCUT2D eigenvalue weighted by Gasteiger charge is 2.38. The Hall–Kier alpha value is -2.33. The van der Waals surface area contributed by atoms with E-state index in [-0.39, 0.29) is 44.8 Å². The largest absolute Gasteiger partial charge is 0.463 e. The van der Waals surface area contributed by atoms with Crippen molar-refractivity contribution in [3.8, 4) is 6.07 Å². The SMILES string of the molecule is CCOC(=O)C1=C(C)OC(N)=C(C#N)C1c1cc(C(C)(C)C)cc(Br)c1F. The molecule has 0 fully saturated rings. The van der Waals surface area contributed by atoms with Crippen molar-refractivity contribution in [2.75, 3.05) is 6.61 Å². The number of hydrogen-bond acceptors (Lipinski definition) is 5. The van der Waals surface area contributed by atoms with E-state index in [1.54, 1.807) is 26.0 Å². The number of esters is 1. The number of halogens is 2. The molecule has 1 heterocycles. The van der Waals surface area contributed by atoms with Crippen LogP contribution in [0.2, 0.25) is 0 Å². The van der Waals surface area contributed by atoms with Crippen LogP contribution in [0.4, 0.5) is 4.39 Å². The first kappa shape index (κ1) is 21.0. The van der Waals surface area contributed by atoms with Crippen molar-refractivity contribution >= 4 is 21.9 Å². The van der Waals surface area contributed by atoms with Gasteiger partial charge in [0.15, 0.2) is 0 Å². The summed E-state index contributed by atoms with van der Waals surface area (Å²) >= 11 is 3.25. The van der Waals surface area contributed by atoms with Gasteiger partial charge < -0.3 is 15.2 Å². The normalized spacial score (nSPS) is 17.5. The van der Waals surface area contributed by atoms with Crippen LogP contribution in [0.3, 0.4) is 0 Å². The van der Waals surface area contributed by atoms with Gasteiger partial charge >= 0.3 is 5.97 Å². The number of hydrogen-bond donors (Lipinski definition) is 1. The lowest BCUT2D eigenvalue weighted by Gasteiger charge is -2.29. The zero-order valence-electron chi connectivity index (χ0n) is 15.9. The Morgan fingerprint density at radius 3 is 2.59 bits per heavy atom. The van der Waals surface area contributed by atoms with E-state index in [0.29, 0.717) is 0 Å². The molecule has 0 amide bonds. The number of ether oxygens (including phenoxy) is 2. The Bertz CT molecular complexity index is 892. The van der Waals surface area contributed by atoms with Gasteiger partial charge in [-0.1, -0.05) is 26.8 Å². The first-order valence-electron chi connectivity index (χ1n) is 8.47. The zero-order chi connectivity index (χ0) is 20.5. The smallest absolute Gasteiger partial charge is 0.338 e. The van der Waals surface area contributed by atoms with Crippen LogP contribution in [-0.4, -0.2) is 12.6 Å². The molecule has 5 nitrogen and oxygen atoms in total. The van der Waals surface area contributed by atoms with Crippen LogP contribution in [0.1, 0.15) is 51.7 Å². The molecule has 2 N–H and O–H groups in total. The second-order valence-corrected chi connectivity index (χ2v) is 8.08. The summed E-state index contributed by atoms with van der Waals surface area (Å²) in [6.45, 7) is 9.31. The number of nitriles is 1. The molecule has 0 bridgehead atoms. The molecule has 0 spiro atoms. The molecule has 1 unspecified atom stereocenters. The highest BCUT2D eigenvalue weighted by molar-refractivity contribution is 9.10. The van der Waals surface area contributed by atoms with Crippen LogP contribution in [0, 0.1) is 17.1 Å². The third-order valence-corrected chi connectivity index (χ3v) is 4.91. The minimum absolute atomic E-state index is 0.0273. The standard InChI is InChI=1S/C20H22BrFN2O3/c1-6-26-19(25)15-10(2)27-18(24)13(9-23)16(15)12-7-11(20(3,4)5)8-14(21)17(12)22/h7-8,16H,6,24H2,1-5H3. The summed E-state index contributed by atoms with van der Waals surface area (Å²) in [6.07, 6.45) is 0. The molecule has 1 aromatic carbocycles. The van der Waals surface area contributed by atoms with Gasteiger partial charge in [-0.25, -0.2) is 9.18 Å². The van der Waals surface area contributed by atoms with Crippen LogP contribution in [0.25, 0.3) is 0 Å². The van der Waals surface area contributed by atoms with Gasteiger partial charge in [0.05, 0.1) is 22.6 Å². The average molecular weight is 437 g/mol. The van der Waals surface area contributed by atoms with Gasteiger partial charge in [-0.2, -0.15) is 5.26 Å². The highest BCUT2D eigenvalue weighted by Crippen LogP contribution is 2.43. The summed E-state index contributed by atoms with van der Waals surface area (Å²) in [6, 6.07) is 5.31. The molecule has 1 atom stereocenters. The van der Waals surface area contributed by atoms with Crippen molar-refractivity contribution in [2.24, 2.45) is 5.73 Å². The van der Waals surface area contributed by atoms with Crippen LogP contribution in [0.5, 0.6) is 0 Å². The van der Waals surface area contributed by atoms with Gasteiger partial charge in [-0.05, 0) is 46.8 Å². The second-order valence-electron chi connectivity index (χ2n) is 7.23. The summed E-state index contributed by atoms with van der Waals surface area (Å²) < 4.78 is 25.8. The fourth-order valence-electron chi connectivity index (χ4n) is 2.92. The predicted octanol–water partition coefficient (Wildman–Crippen LogP) is 4.53. The van der Waals surface area contributed by atoms with E-state index < -0.39 is 17.7 Å². The molecule has 1 aliphatic rings. The first-order chi connectivity index (χ1) is 12.5. The quantitative estimate of drug-likeness (QED) is 0.703. The third-order valence-electron chi connectivity index (χ3n) is 4.33. The van der Waals surface area contributed by atoms with Crippen molar-refractivity contribution in [3.05, 3.63) is 56.3 Å². The Kier molecular flexibility index (Phi) is 6.01. The molecule has 0 aliphatic carbocycles. The van der Waals surface area contributed by atoms with Crippen LogP contribution in [-0.2, 0) is 19.7 Å². The van der Waals surface area contributed by atoms with E-state index in [2.05, 4.69) is 15.9 Å². The Balaban J connectivity index is 2.81. The predicted molar refractivity (Wildman–Crippen MR) is 103 cm³/mol. The van der Waals surface area contributed by atoms with Crippen LogP contribution in [0.15, 0.2) is 39.4 Å². The summed E-state index contributed by atoms with van der Waals surface area (Å²) in [4.78, 5) is 12.6. The maximum Gasteiger partial charge on any atom is 0.338 e. The molecule has 0 radical (unpaired) electrons. The van der Waals surface area contributed by atoms with Gasteiger partial charge in [0.25, 0.3) is 0 Å². The fourth-order valence-corrected chi connectivity index (χ4v) is 3.39. The summed E-state index contributed by atoms with van der Waals surface area (Å²) in [5.74, 6) is -2.21. The molecule has 27 heavy (non-hydrogen) atoms. The van der Waals surface area contributed by atoms with Crippen molar-refractivity contribution in [1.82, 2.24) is 0 Å². The summed E-state index contributed by atoms with van der Waals surface area (Å²) in [5, 5.41) is 9.62. The maximum atomic E-state index is 15.1. The Labute approximate surface area is 166 Å². The van der Waals surface area contributed by atoms with E-state index in [1.807, 2.05) is 26.8 Å². The van der Waals surface area contributed by atoms with E-state index in [0.717, 1.165) is 5.56 Å². The van der Waals surface area contributed by atoms with Crippen molar-refractivity contribution in [3.63, 3.8) is 0 Å². The lowest BCUT2D eigenvalue weighted by atomic mass is 9.79. The lowest BCUT2D eigenvalue weighted by molar-refractivity contribution is -0.139. The minimum atomic E-state index is -1.01. The molecule has 0 saturated carbocycles. The van der Waals surface area contributed by atoms with E-state index in [9.17, 15) is 10.1 Å². The monoisotopic (exact) mass is 436 g/mol. The zero-order valence-corrected chi connectivity index (χ0v) is 17.5. The van der Waals surface area contributed by atoms with Crippen molar-refractivity contribution in [1.29, 1.82) is 5.26 Å². The number of nitrogens with two attached hydrogens (primary N) is 1. The van der Waals surface area contributed by atoms with Crippen LogP contribution < -0.4 is 5.73 Å². The molecule has 144 valence electrons. The molecular formula is C20H22BrFN2O3. The minimum Gasteiger partial charge on any atom is -0.463 e. The van der Waals surface area contributed by atoms with Gasteiger partial charge in [0.1, 0.15) is 23.2 Å². The van der Waals surface area contributed by atoms with E-state index >= 15 is 4.39 Å². The Morgan fingerprint density at radius 2 is 2.07 bits per heavy atom. The average Bonchev–Trinajstić information content (AvgIpc) is 2.55. The van der Waals surface area contributed by atoms with Gasteiger partial charge in [0.2, 0.25) is 5.88 Å². The van der Waals surface area contributed by atoms with Gasteiger partial charge in [-0.15, -0.1) is 0 Å². The number of nitrogens with zero attached hydrogens (tertiary/aromatic N) is 1. The van der Waals surface area contributed by atoms with Gasteiger partial charge in [0, 0.05) is 5.56 Å². The number of carbonyl (C=O) groups excluding carboxylic acids is 1. The topological polar surface area (TPSA) is 85.3 Å². The summed E-state index contributed by atoms with van der Waals surface area (Å²) in [7, 11) is 0. The molecule has 0 aromatic heterocycles. The maximum absolute atomic E-state index is 15.1. The van der Waals surface area contributed by atoms with Gasteiger partial charge in [-0.3, -0.25) is 0 Å². The number of rotatable bonds is 3. The highest BCUT2D eigenvalue weighted by atomic mass is 79.9. The molecule has 1 aromatic rings. The first-order valence-corrected chi connectivity index (χ1v) is 9.27.